The Kier molecular flexibility index (Phi) is 14.1. The number of ether oxygens (including phenoxy) is 6. The van der Waals surface area contributed by atoms with Crippen molar-refractivity contribution in [1.82, 2.24) is 4.90 Å². The zero-order chi connectivity index (χ0) is 37.9. The lowest BCUT2D eigenvalue weighted by Gasteiger charge is -2.36. The van der Waals surface area contributed by atoms with E-state index in [4.69, 9.17) is 28.4 Å². The number of hydrogen-bond acceptors (Lipinski definition) is 11. The van der Waals surface area contributed by atoms with Crippen LogP contribution in [-0.2, 0) is 44.6 Å². The van der Waals surface area contributed by atoms with Crippen LogP contribution in [-0.4, -0.2) is 80.1 Å². The molecule has 2 aromatic carbocycles. The van der Waals surface area contributed by atoms with Gasteiger partial charge in [-0.3, -0.25) is 9.59 Å². The number of carbonyl (C=O) groups is 5. The molecule has 0 spiro atoms. The fraction of sp³-hybridized carbons (Fsp3) is 0.500. The van der Waals surface area contributed by atoms with Gasteiger partial charge in [-0.15, -0.1) is 0 Å². The molecule has 3 rings (SSSR count). The van der Waals surface area contributed by atoms with Crippen molar-refractivity contribution in [3.05, 3.63) is 66.0 Å². The maximum atomic E-state index is 15.4. The third kappa shape index (κ3) is 11.3. The van der Waals surface area contributed by atoms with Gasteiger partial charge in [-0.05, 0) is 96.0 Å². The second-order valence-corrected chi connectivity index (χ2v) is 13.7. The van der Waals surface area contributed by atoms with Crippen LogP contribution in [0, 0.1) is 11.2 Å². The standard InChI is InChI=1S/C38H48FNO11/c1-9-30(41)49-23-38(5,6)34(43)35(44)40-20-11-10-15-27(40)36(45)50-28(18-16-24-17-19-29(46-7)33(47-8)32(24)39)25-13-12-14-26(21-25)48-22-31(42)51-37(2,3)4/h9,12-14,17,19,21,27-28H,1,10-11,15-16,18,20,22-23H2,2-8H3/t27-,28+/m0/s1. The van der Waals surface area contributed by atoms with Crippen LogP contribution in [0.1, 0.15) is 77.5 Å². The number of ketones is 1. The Morgan fingerprint density at radius 1 is 1.02 bits per heavy atom. The molecule has 0 unspecified atom stereocenters. The number of likely N-dealkylation sites (tertiary alicyclic amines) is 1. The van der Waals surface area contributed by atoms with E-state index in [0.717, 1.165) is 6.08 Å². The number of esters is 3. The van der Waals surface area contributed by atoms with Crippen molar-refractivity contribution >= 4 is 29.6 Å². The van der Waals surface area contributed by atoms with E-state index in [0.29, 0.717) is 24.2 Å². The van der Waals surface area contributed by atoms with Crippen LogP contribution in [0.3, 0.4) is 0 Å². The molecule has 0 bridgehead atoms. The number of Topliss-reactive ketones (excluding diaryl/α,β-unsaturated/α-hetero) is 1. The smallest absolute Gasteiger partial charge is 0.344 e. The second-order valence-electron chi connectivity index (χ2n) is 13.7. The lowest BCUT2D eigenvalue weighted by molar-refractivity contribution is -0.165. The number of piperidine rings is 1. The topological polar surface area (TPSA) is 144 Å². The first kappa shape index (κ1) is 40.5. The van der Waals surface area contributed by atoms with Crippen molar-refractivity contribution in [2.45, 2.75) is 84.5 Å². The van der Waals surface area contributed by atoms with E-state index in [1.54, 1.807) is 57.2 Å². The fourth-order valence-corrected chi connectivity index (χ4v) is 5.46. The second kappa shape index (κ2) is 17.8. The molecule has 1 heterocycles. The van der Waals surface area contributed by atoms with Crippen LogP contribution in [0.4, 0.5) is 4.39 Å². The van der Waals surface area contributed by atoms with Gasteiger partial charge < -0.3 is 33.3 Å². The summed E-state index contributed by atoms with van der Waals surface area (Å²) in [5.41, 5.74) is -1.30. The van der Waals surface area contributed by atoms with Gasteiger partial charge in [0.15, 0.2) is 23.9 Å². The molecule has 1 aliphatic heterocycles. The quantitative estimate of drug-likeness (QED) is 0.0944. The van der Waals surface area contributed by atoms with E-state index in [1.165, 1.54) is 33.0 Å². The highest BCUT2D eigenvalue weighted by atomic mass is 19.1. The van der Waals surface area contributed by atoms with Crippen molar-refractivity contribution in [3.63, 3.8) is 0 Å². The van der Waals surface area contributed by atoms with E-state index in [1.807, 2.05) is 0 Å². The lowest BCUT2D eigenvalue weighted by atomic mass is 9.87. The van der Waals surface area contributed by atoms with Crippen molar-refractivity contribution < 1.29 is 56.8 Å². The Morgan fingerprint density at radius 2 is 1.75 bits per heavy atom. The Labute approximate surface area is 298 Å². The van der Waals surface area contributed by atoms with Crippen LogP contribution in [0.2, 0.25) is 0 Å². The van der Waals surface area contributed by atoms with Gasteiger partial charge in [0.05, 0.1) is 19.6 Å². The first-order valence-corrected chi connectivity index (χ1v) is 16.7. The van der Waals surface area contributed by atoms with Gasteiger partial charge in [0, 0.05) is 12.6 Å². The summed E-state index contributed by atoms with van der Waals surface area (Å²) in [6, 6.07) is 8.64. The molecular weight excluding hydrogens is 665 g/mol. The Morgan fingerprint density at radius 3 is 2.39 bits per heavy atom. The molecule has 0 N–H and O–H groups in total. The van der Waals surface area contributed by atoms with Crippen molar-refractivity contribution in [1.29, 1.82) is 0 Å². The van der Waals surface area contributed by atoms with Gasteiger partial charge in [-0.1, -0.05) is 24.8 Å². The van der Waals surface area contributed by atoms with E-state index >= 15 is 4.39 Å². The number of aryl methyl sites for hydroxylation is 1. The largest absolute Gasteiger partial charge is 0.493 e. The van der Waals surface area contributed by atoms with Gasteiger partial charge >= 0.3 is 17.9 Å². The predicted molar refractivity (Wildman–Crippen MR) is 184 cm³/mol. The summed E-state index contributed by atoms with van der Waals surface area (Å²) in [5.74, 6) is -3.94. The summed E-state index contributed by atoms with van der Waals surface area (Å²) in [6.07, 6.45) is 1.63. The molecule has 0 aromatic heterocycles. The van der Waals surface area contributed by atoms with Crippen LogP contribution in [0.15, 0.2) is 49.1 Å². The normalized spacial score (nSPS) is 15.2. The summed E-state index contributed by atoms with van der Waals surface area (Å²) >= 11 is 0. The van der Waals surface area contributed by atoms with Crippen LogP contribution in [0.25, 0.3) is 0 Å². The molecule has 0 aliphatic carbocycles. The summed E-state index contributed by atoms with van der Waals surface area (Å²) in [6.45, 7) is 10.9. The molecule has 0 saturated carbocycles. The van der Waals surface area contributed by atoms with Gasteiger partial charge in [0.2, 0.25) is 5.78 Å². The average Bonchev–Trinajstić information content (AvgIpc) is 3.10. The van der Waals surface area contributed by atoms with Gasteiger partial charge in [0.1, 0.15) is 30.1 Å². The van der Waals surface area contributed by atoms with Crippen molar-refractivity contribution in [2.24, 2.45) is 5.41 Å². The Balaban J connectivity index is 1.89. The number of amides is 1. The third-order valence-corrected chi connectivity index (χ3v) is 8.09. The number of benzene rings is 2. The van der Waals surface area contributed by atoms with Crippen molar-refractivity contribution in [3.8, 4) is 17.2 Å². The number of carbonyl (C=O) groups excluding carboxylic acids is 5. The SMILES string of the molecule is C=CC(=O)OCC(C)(C)C(=O)C(=O)N1CCCC[C@H]1C(=O)O[C@H](CCc1ccc(OC)c(OC)c1F)c1cccc(OCC(=O)OC(C)(C)C)c1. The molecule has 12 nitrogen and oxygen atoms in total. The number of halogens is 1. The van der Waals surface area contributed by atoms with Gasteiger partial charge in [-0.25, -0.2) is 18.8 Å². The summed E-state index contributed by atoms with van der Waals surface area (Å²) in [5, 5.41) is 0. The van der Waals surface area contributed by atoms with E-state index in [2.05, 4.69) is 6.58 Å². The maximum absolute atomic E-state index is 15.4. The molecule has 2 aromatic rings. The molecule has 1 saturated heterocycles. The highest BCUT2D eigenvalue weighted by molar-refractivity contribution is 6.38. The molecule has 278 valence electrons. The molecule has 1 amide bonds. The first-order chi connectivity index (χ1) is 24.0. The fourth-order valence-electron chi connectivity index (χ4n) is 5.46. The highest BCUT2D eigenvalue weighted by Crippen LogP contribution is 2.35. The summed E-state index contributed by atoms with van der Waals surface area (Å²) in [4.78, 5) is 65.9. The third-order valence-electron chi connectivity index (χ3n) is 8.09. The number of nitrogens with zero attached hydrogens (tertiary/aromatic N) is 1. The number of rotatable bonds is 16. The number of methoxy groups -OCH3 is 2. The molecule has 51 heavy (non-hydrogen) atoms. The summed E-state index contributed by atoms with van der Waals surface area (Å²) in [7, 11) is 2.73. The highest BCUT2D eigenvalue weighted by Gasteiger charge is 2.42. The van der Waals surface area contributed by atoms with E-state index in [9.17, 15) is 24.0 Å². The average molecular weight is 714 g/mol. The number of hydrogen-bond donors (Lipinski definition) is 0. The minimum Gasteiger partial charge on any atom is -0.493 e. The molecular formula is C38H48FNO11. The first-order valence-electron chi connectivity index (χ1n) is 16.7. The maximum Gasteiger partial charge on any atom is 0.344 e. The van der Waals surface area contributed by atoms with Crippen LogP contribution >= 0.6 is 0 Å². The van der Waals surface area contributed by atoms with Gasteiger partial charge in [0.25, 0.3) is 5.91 Å². The minimum atomic E-state index is -1.37. The lowest BCUT2D eigenvalue weighted by Crippen LogP contribution is -2.53. The minimum absolute atomic E-state index is 0.0655. The van der Waals surface area contributed by atoms with Gasteiger partial charge in [-0.2, -0.15) is 0 Å². The Hall–Kier alpha value is -4.94. The molecule has 1 aliphatic rings. The monoisotopic (exact) mass is 713 g/mol. The predicted octanol–water partition coefficient (Wildman–Crippen LogP) is 5.49. The molecule has 2 atom stereocenters. The molecule has 0 radical (unpaired) electrons. The zero-order valence-electron chi connectivity index (χ0n) is 30.4. The van der Waals surface area contributed by atoms with E-state index < -0.39 is 58.6 Å². The van der Waals surface area contributed by atoms with Crippen molar-refractivity contribution in [2.75, 3.05) is 34.0 Å². The summed E-state index contributed by atoms with van der Waals surface area (Å²) < 4.78 is 47.9. The van der Waals surface area contributed by atoms with Crippen LogP contribution in [0.5, 0.6) is 17.2 Å². The molecule has 1 fully saturated rings. The van der Waals surface area contributed by atoms with E-state index in [-0.39, 0.29) is 56.1 Å². The Bertz CT molecular complexity index is 1600. The van der Waals surface area contributed by atoms with Crippen LogP contribution < -0.4 is 14.2 Å². The molecule has 13 heteroatoms. The zero-order valence-corrected chi connectivity index (χ0v) is 30.4.